The third-order valence-electron chi connectivity index (χ3n) is 4.47. The third kappa shape index (κ3) is 3.95. The van der Waals surface area contributed by atoms with Gasteiger partial charge in [0.15, 0.2) is 0 Å². The Morgan fingerprint density at radius 2 is 1.85 bits per heavy atom. The number of hydrazone groups is 1. The number of nitrogens with zero attached hydrogens (tertiary/aromatic N) is 1. The van der Waals surface area contributed by atoms with Crippen LogP contribution in [-0.2, 0) is 11.2 Å². The molecule has 0 spiro atoms. The number of benzene rings is 3. The first kappa shape index (κ1) is 18.9. The van der Waals surface area contributed by atoms with Gasteiger partial charge in [0.25, 0.3) is 0 Å². The molecular formula is C21H19BrN2O3. The standard InChI is InChI=1S/C21H19BrN2O3/c1-12-9-19(25)13(2)21(27)17(12)11-23-24-20(26)10-14-7-8-18(22)16-6-4-3-5-15(14)16/h3-9,11,25,27H,10H2,1-2H3,(H,24,26)/b23-11+. The van der Waals surface area contributed by atoms with Crippen molar-refractivity contribution in [3.05, 3.63) is 69.2 Å². The molecule has 0 bridgehead atoms. The van der Waals surface area contributed by atoms with Crippen molar-refractivity contribution in [3.8, 4) is 11.5 Å². The van der Waals surface area contributed by atoms with Gasteiger partial charge < -0.3 is 10.2 Å². The number of phenolic OH excluding ortho intramolecular Hbond substituents is 2. The number of rotatable bonds is 4. The van der Waals surface area contributed by atoms with Crippen molar-refractivity contribution in [1.29, 1.82) is 0 Å². The summed E-state index contributed by atoms with van der Waals surface area (Å²) < 4.78 is 0.980. The first-order chi connectivity index (χ1) is 12.9. The Kier molecular flexibility index (Phi) is 5.46. The molecular weight excluding hydrogens is 408 g/mol. The molecule has 0 aliphatic heterocycles. The van der Waals surface area contributed by atoms with E-state index in [0.717, 1.165) is 20.8 Å². The van der Waals surface area contributed by atoms with Gasteiger partial charge in [-0.05, 0) is 47.9 Å². The molecule has 0 saturated carbocycles. The minimum atomic E-state index is -0.258. The van der Waals surface area contributed by atoms with Crippen LogP contribution >= 0.6 is 15.9 Å². The second kappa shape index (κ2) is 7.80. The fourth-order valence-corrected chi connectivity index (χ4v) is 3.40. The Morgan fingerprint density at radius 3 is 2.59 bits per heavy atom. The zero-order valence-corrected chi connectivity index (χ0v) is 16.5. The van der Waals surface area contributed by atoms with E-state index in [1.165, 1.54) is 6.21 Å². The zero-order valence-electron chi connectivity index (χ0n) is 15.0. The Bertz CT molecular complexity index is 1060. The van der Waals surface area contributed by atoms with Gasteiger partial charge in [0.05, 0.1) is 12.6 Å². The van der Waals surface area contributed by atoms with Crippen LogP contribution in [0.4, 0.5) is 0 Å². The second-order valence-corrected chi connectivity index (χ2v) is 7.18. The van der Waals surface area contributed by atoms with Crippen molar-refractivity contribution in [3.63, 3.8) is 0 Å². The van der Waals surface area contributed by atoms with E-state index < -0.39 is 0 Å². The number of hydrogen-bond acceptors (Lipinski definition) is 4. The van der Waals surface area contributed by atoms with Crippen LogP contribution in [0.1, 0.15) is 22.3 Å². The van der Waals surface area contributed by atoms with Crippen LogP contribution in [0, 0.1) is 13.8 Å². The maximum Gasteiger partial charge on any atom is 0.244 e. The lowest BCUT2D eigenvalue weighted by Crippen LogP contribution is -2.20. The van der Waals surface area contributed by atoms with Gasteiger partial charge in [-0.25, -0.2) is 5.43 Å². The lowest BCUT2D eigenvalue weighted by Gasteiger charge is -2.09. The van der Waals surface area contributed by atoms with Crippen LogP contribution in [-0.4, -0.2) is 22.3 Å². The predicted molar refractivity (Wildman–Crippen MR) is 110 cm³/mol. The van der Waals surface area contributed by atoms with E-state index in [4.69, 9.17) is 0 Å². The summed E-state index contributed by atoms with van der Waals surface area (Å²) in [5.41, 5.74) is 4.88. The van der Waals surface area contributed by atoms with Crippen LogP contribution in [0.5, 0.6) is 11.5 Å². The number of halogens is 1. The van der Waals surface area contributed by atoms with Crippen LogP contribution in [0.25, 0.3) is 10.8 Å². The number of hydrogen-bond donors (Lipinski definition) is 3. The molecule has 3 aromatic carbocycles. The van der Waals surface area contributed by atoms with Gasteiger partial charge in [-0.3, -0.25) is 4.79 Å². The summed E-state index contributed by atoms with van der Waals surface area (Å²) in [5.74, 6) is -0.288. The van der Waals surface area contributed by atoms with Gasteiger partial charge in [0.1, 0.15) is 11.5 Å². The fraction of sp³-hybridized carbons (Fsp3) is 0.143. The molecule has 27 heavy (non-hydrogen) atoms. The summed E-state index contributed by atoms with van der Waals surface area (Å²) in [6.45, 7) is 3.36. The van der Waals surface area contributed by atoms with Crippen molar-refractivity contribution < 1.29 is 15.0 Å². The molecule has 6 heteroatoms. The van der Waals surface area contributed by atoms with Gasteiger partial charge in [-0.15, -0.1) is 0 Å². The van der Waals surface area contributed by atoms with Crippen LogP contribution < -0.4 is 5.43 Å². The van der Waals surface area contributed by atoms with Crippen LogP contribution in [0.15, 0.2) is 52.0 Å². The predicted octanol–water partition coefficient (Wildman–Crippen LogP) is 4.32. The summed E-state index contributed by atoms with van der Waals surface area (Å²) >= 11 is 3.52. The molecule has 138 valence electrons. The molecule has 3 rings (SSSR count). The number of carbonyl (C=O) groups is 1. The zero-order chi connectivity index (χ0) is 19.6. The molecule has 0 fully saturated rings. The maximum atomic E-state index is 12.3. The largest absolute Gasteiger partial charge is 0.508 e. The Balaban J connectivity index is 1.76. The highest BCUT2D eigenvalue weighted by Gasteiger charge is 2.11. The van der Waals surface area contributed by atoms with E-state index in [1.807, 2.05) is 36.4 Å². The van der Waals surface area contributed by atoms with E-state index in [2.05, 4.69) is 26.5 Å². The molecule has 0 heterocycles. The molecule has 0 atom stereocenters. The van der Waals surface area contributed by atoms with Crippen molar-refractivity contribution in [2.75, 3.05) is 0 Å². The van der Waals surface area contributed by atoms with Gasteiger partial charge in [-0.1, -0.05) is 46.3 Å². The fourth-order valence-electron chi connectivity index (χ4n) is 2.92. The molecule has 0 aliphatic rings. The van der Waals surface area contributed by atoms with Crippen LogP contribution in [0.2, 0.25) is 0 Å². The SMILES string of the molecule is Cc1cc(O)c(C)c(O)c1/C=N/NC(=O)Cc1ccc(Br)c2ccccc12. The molecule has 3 N–H and O–H groups in total. The first-order valence-corrected chi connectivity index (χ1v) is 9.18. The Hall–Kier alpha value is -2.86. The summed E-state index contributed by atoms with van der Waals surface area (Å²) in [5, 5.41) is 25.9. The molecule has 5 nitrogen and oxygen atoms in total. The lowest BCUT2D eigenvalue weighted by atomic mass is 10.0. The summed E-state index contributed by atoms with van der Waals surface area (Å²) in [4.78, 5) is 12.3. The number of phenols is 2. The molecule has 0 aliphatic carbocycles. The number of amides is 1. The molecule has 0 aromatic heterocycles. The average Bonchev–Trinajstić information content (AvgIpc) is 2.65. The van der Waals surface area contributed by atoms with Gasteiger partial charge >= 0.3 is 0 Å². The average molecular weight is 427 g/mol. The van der Waals surface area contributed by atoms with Crippen molar-refractivity contribution in [1.82, 2.24) is 5.43 Å². The number of aryl methyl sites for hydroxylation is 1. The quantitative estimate of drug-likeness (QED) is 0.429. The highest BCUT2D eigenvalue weighted by molar-refractivity contribution is 9.10. The van der Waals surface area contributed by atoms with E-state index >= 15 is 0 Å². The van der Waals surface area contributed by atoms with Crippen molar-refractivity contribution >= 4 is 38.8 Å². The number of carbonyl (C=O) groups excluding carboxylic acids is 1. The van der Waals surface area contributed by atoms with Crippen molar-refractivity contribution in [2.45, 2.75) is 20.3 Å². The van der Waals surface area contributed by atoms with Crippen LogP contribution in [0.3, 0.4) is 0 Å². The van der Waals surface area contributed by atoms with Gasteiger partial charge in [0, 0.05) is 15.6 Å². The number of aromatic hydroxyl groups is 2. The summed E-state index contributed by atoms with van der Waals surface area (Å²) in [6, 6.07) is 13.3. The minimum Gasteiger partial charge on any atom is -0.508 e. The molecule has 3 aromatic rings. The molecule has 0 radical (unpaired) electrons. The maximum absolute atomic E-state index is 12.3. The van der Waals surface area contributed by atoms with E-state index in [9.17, 15) is 15.0 Å². The van der Waals surface area contributed by atoms with E-state index in [0.29, 0.717) is 16.7 Å². The van der Waals surface area contributed by atoms with E-state index in [-0.39, 0.29) is 23.8 Å². The van der Waals surface area contributed by atoms with Crippen molar-refractivity contribution in [2.24, 2.45) is 5.10 Å². The van der Waals surface area contributed by atoms with Gasteiger partial charge in [-0.2, -0.15) is 5.10 Å². The molecule has 0 unspecified atom stereocenters. The highest BCUT2D eigenvalue weighted by atomic mass is 79.9. The number of fused-ring (bicyclic) bond motifs is 1. The normalized spacial score (nSPS) is 11.2. The Morgan fingerprint density at radius 1 is 1.15 bits per heavy atom. The third-order valence-corrected chi connectivity index (χ3v) is 5.16. The monoisotopic (exact) mass is 426 g/mol. The summed E-state index contributed by atoms with van der Waals surface area (Å²) in [7, 11) is 0. The topological polar surface area (TPSA) is 81.9 Å². The molecule has 1 amide bonds. The highest BCUT2D eigenvalue weighted by Crippen LogP contribution is 2.31. The second-order valence-electron chi connectivity index (χ2n) is 6.32. The first-order valence-electron chi connectivity index (χ1n) is 8.38. The Labute approximate surface area is 165 Å². The van der Waals surface area contributed by atoms with E-state index in [1.54, 1.807) is 19.9 Å². The molecule has 0 saturated heterocycles. The van der Waals surface area contributed by atoms with Gasteiger partial charge in [0.2, 0.25) is 5.91 Å². The smallest absolute Gasteiger partial charge is 0.244 e. The minimum absolute atomic E-state index is 0.0216. The lowest BCUT2D eigenvalue weighted by molar-refractivity contribution is -0.120. The number of nitrogens with one attached hydrogen (secondary N) is 1. The summed E-state index contributed by atoms with van der Waals surface area (Å²) in [6.07, 6.45) is 1.57.